The number of aryl methyl sites for hydroxylation is 1. The van der Waals surface area contributed by atoms with Crippen LogP contribution in [0.3, 0.4) is 0 Å². The van der Waals surface area contributed by atoms with E-state index in [1.54, 1.807) is 24.3 Å². The lowest BCUT2D eigenvalue weighted by molar-refractivity contribution is 0.102. The van der Waals surface area contributed by atoms with Gasteiger partial charge in [-0.1, -0.05) is 35.3 Å². The zero-order chi connectivity index (χ0) is 22.8. The maximum Gasteiger partial charge on any atom is 0.263 e. The van der Waals surface area contributed by atoms with Gasteiger partial charge in [-0.25, -0.2) is 8.42 Å². The van der Waals surface area contributed by atoms with E-state index in [-0.39, 0.29) is 15.5 Å². The van der Waals surface area contributed by atoms with Crippen molar-refractivity contribution in [2.75, 3.05) is 17.1 Å². The van der Waals surface area contributed by atoms with E-state index < -0.39 is 15.9 Å². The van der Waals surface area contributed by atoms with E-state index in [1.807, 2.05) is 19.9 Å². The molecule has 0 aliphatic rings. The summed E-state index contributed by atoms with van der Waals surface area (Å²) >= 11 is 12.2. The van der Waals surface area contributed by atoms with Crippen LogP contribution < -0.4 is 14.8 Å². The van der Waals surface area contributed by atoms with Gasteiger partial charge in [0, 0.05) is 11.3 Å². The van der Waals surface area contributed by atoms with E-state index >= 15 is 0 Å². The van der Waals surface area contributed by atoms with Crippen molar-refractivity contribution in [2.45, 2.75) is 18.7 Å². The van der Waals surface area contributed by atoms with Crippen LogP contribution in [0.25, 0.3) is 0 Å². The van der Waals surface area contributed by atoms with Gasteiger partial charge < -0.3 is 10.1 Å². The lowest BCUT2D eigenvalue weighted by atomic mass is 10.1. The van der Waals surface area contributed by atoms with Gasteiger partial charge in [0.2, 0.25) is 0 Å². The molecule has 1 amide bonds. The van der Waals surface area contributed by atoms with Crippen LogP contribution in [0.5, 0.6) is 5.75 Å². The first-order chi connectivity index (χ1) is 14.6. The maximum atomic E-state index is 13.0. The summed E-state index contributed by atoms with van der Waals surface area (Å²) in [6.07, 6.45) is 0. The molecule has 6 nitrogen and oxygen atoms in total. The molecule has 0 aliphatic heterocycles. The highest BCUT2D eigenvalue weighted by atomic mass is 35.5. The van der Waals surface area contributed by atoms with Crippen molar-refractivity contribution in [1.82, 2.24) is 0 Å². The molecule has 0 fully saturated rings. The van der Waals surface area contributed by atoms with Crippen molar-refractivity contribution in [3.05, 3.63) is 81.3 Å². The van der Waals surface area contributed by atoms with E-state index in [9.17, 15) is 13.2 Å². The molecular formula is C22H20Cl2N2O4S. The Bertz CT molecular complexity index is 1260. The van der Waals surface area contributed by atoms with Crippen molar-refractivity contribution in [2.24, 2.45) is 0 Å². The summed E-state index contributed by atoms with van der Waals surface area (Å²) in [5, 5.41) is 3.01. The number of halogens is 2. The molecule has 0 saturated carbocycles. The first-order valence-corrected chi connectivity index (χ1v) is 11.4. The predicted octanol–water partition coefficient (Wildman–Crippen LogP) is 5.67. The first kappa shape index (κ1) is 22.9. The third-order valence-electron chi connectivity index (χ3n) is 4.74. The van der Waals surface area contributed by atoms with Crippen LogP contribution in [0, 0.1) is 13.8 Å². The van der Waals surface area contributed by atoms with Gasteiger partial charge >= 0.3 is 0 Å². The highest BCUT2D eigenvalue weighted by Gasteiger charge is 2.21. The van der Waals surface area contributed by atoms with Crippen molar-refractivity contribution >= 4 is 50.5 Å². The predicted molar refractivity (Wildman–Crippen MR) is 124 cm³/mol. The summed E-state index contributed by atoms with van der Waals surface area (Å²) in [5.74, 6) is -0.0434. The van der Waals surface area contributed by atoms with Crippen LogP contribution in [0.2, 0.25) is 10.0 Å². The minimum absolute atomic E-state index is 0.00171. The molecule has 31 heavy (non-hydrogen) atoms. The average molecular weight is 479 g/mol. The van der Waals surface area contributed by atoms with Gasteiger partial charge in [0.05, 0.1) is 22.8 Å². The number of methoxy groups -OCH3 is 1. The lowest BCUT2D eigenvalue weighted by Gasteiger charge is -2.14. The Morgan fingerprint density at radius 3 is 2.39 bits per heavy atom. The van der Waals surface area contributed by atoms with Crippen LogP contribution in [-0.4, -0.2) is 21.4 Å². The van der Waals surface area contributed by atoms with Gasteiger partial charge in [-0.05, 0) is 67.4 Å². The maximum absolute atomic E-state index is 13.0. The number of sulfonamides is 1. The summed E-state index contributed by atoms with van der Waals surface area (Å²) in [7, 11) is -2.54. The normalized spacial score (nSPS) is 11.1. The van der Waals surface area contributed by atoms with Crippen molar-refractivity contribution < 1.29 is 17.9 Å². The summed E-state index contributed by atoms with van der Waals surface area (Å²) in [6.45, 7) is 3.70. The quantitative estimate of drug-likeness (QED) is 0.477. The van der Waals surface area contributed by atoms with Gasteiger partial charge in [0.15, 0.2) is 0 Å². The zero-order valence-electron chi connectivity index (χ0n) is 17.0. The summed E-state index contributed by atoms with van der Waals surface area (Å²) < 4.78 is 33.6. The molecular weight excluding hydrogens is 459 g/mol. The molecule has 0 saturated heterocycles. The van der Waals surface area contributed by atoms with Crippen molar-refractivity contribution in [1.29, 1.82) is 0 Å². The van der Waals surface area contributed by atoms with E-state index in [0.29, 0.717) is 22.1 Å². The van der Waals surface area contributed by atoms with E-state index in [0.717, 1.165) is 11.1 Å². The Labute approximate surface area is 191 Å². The van der Waals surface area contributed by atoms with E-state index in [1.165, 1.54) is 31.4 Å². The largest absolute Gasteiger partial charge is 0.495 e. The molecule has 3 rings (SSSR count). The Morgan fingerprint density at radius 1 is 0.968 bits per heavy atom. The van der Waals surface area contributed by atoms with Crippen LogP contribution in [0.15, 0.2) is 59.5 Å². The molecule has 0 bridgehead atoms. The number of carbonyl (C=O) groups is 1. The Morgan fingerprint density at radius 2 is 1.71 bits per heavy atom. The smallest absolute Gasteiger partial charge is 0.263 e. The molecule has 0 aromatic heterocycles. The molecule has 0 spiro atoms. The molecule has 3 aromatic rings. The Kier molecular flexibility index (Phi) is 6.79. The lowest BCUT2D eigenvalue weighted by Crippen LogP contribution is -2.17. The van der Waals surface area contributed by atoms with Crippen LogP contribution >= 0.6 is 23.2 Å². The van der Waals surface area contributed by atoms with Gasteiger partial charge in [0.1, 0.15) is 10.6 Å². The molecule has 0 aliphatic carbocycles. The molecule has 0 heterocycles. The number of hydrogen-bond donors (Lipinski definition) is 2. The number of hydrogen-bond acceptors (Lipinski definition) is 4. The highest BCUT2D eigenvalue weighted by Crippen LogP contribution is 2.29. The molecule has 3 aromatic carbocycles. The number of nitrogens with one attached hydrogen (secondary N) is 2. The minimum Gasteiger partial charge on any atom is -0.495 e. The minimum atomic E-state index is -4.03. The summed E-state index contributed by atoms with van der Waals surface area (Å²) in [6, 6.07) is 14.1. The Balaban J connectivity index is 1.89. The van der Waals surface area contributed by atoms with Crippen LogP contribution in [-0.2, 0) is 10.0 Å². The number of ether oxygens (including phenoxy) is 1. The standard InChI is InChI=1S/C22H20Cl2N2O4S/c1-13-5-4-6-19(14(13)2)26-31(28,29)21-11-15(7-9-17(21)23)22(27)25-16-8-10-20(30-3)18(24)12-16/h4-12,26H,1-3H3,(H,25,27). The van der Waals surface area contributed by atoms with Gasteiger partial charge in [-0.3, -0.25) is 9.52 Å². The highest BCUT2D eigenvalue weighted by molar-refractivity contribution is 7.92. The average Bonchev–Trinajstić information content (AvgIpc) is 2.71. The Hall–Kier alpha value is -2.74. The van der Waals surface area contributed by atoms with Gasteiger partial charge in [-0.15, -0.1) is 0 Å². The molecule has 0 radical (unpaired) electrons. The van der Waals surface area contributed by atoms with Crippen LogP contribution in [0.1, 0.15) is 21.5 Å². The second kappa shape index (κ2) is 9.18. The monoisotopic (exact) mass is 478 g/mol. The number of rotatable bonds is 6. The summed E-state index contributed by atoms with van der Waals surface area (Å²) in [4.78, 5) is 12.5. The fourth-order valence-corrected chi connectivity index (χ4v) is 4.77. The first-order valence-electron chi connectivity index (χ1n) is 9.16. The molecule has 162 valence electrons. The fourth-order valence-electron chi connectivity index (χ4n) is 2.86. The van der Waals surface area contributed by atoms with Crippen LogP contribution in [0.4, 0.5) is 11.4 Å². The van der Waals surface area contributed by atoms with E-state index in [2.05, 4.69) is 10.0 Å². The number of anilines is 2. The van der Waals surface area contributed by atoms with Crippen molar-refractivity contribution in [3.8, 4) is 5.75 Å². The topological polar surface area (TPSA) is 84.5 Å². The number of benzene rings is 3. The third-order valence-corrected chi connectivity index (χ3v) is 6.88. The van der Waals surface area contributed by atoms with Gasteiger partial charge in [0.25, 0.3) is 15.9 Å². The SMILES string of the molecule is COc1ccc(NC(=O)c2ccc(Cl)c(S(=O)(=O)Nc3cccc(C)c3C)c2)cc1Cl. The molecule has 9 heteroatoms. The second-order valence-electron chi connectivity index (χ2n) is 6.80. The molecule has 2 N–H and O–H groups in total. The second-order valence-corrected chi connectivity index (χ2v) is 9.27. The van der Waals surface area contributed by atoms with Gasteiger partial charge in [-0.2, -0.15) is 0 Å². The number of carbonyl (C=O) groups excluding carboxylic acids is 1. The third kappa shape index (κ3) is 5.12. The van der Waals surface area contributed by atoms with E-state index in [4.69, 9.17) is 27.9 Å². The fraction of sp³-hybridized carbons (Fsp3) is 0.136. The molecule has 0 atom stereocenters. The molecule has 0 unspecified atom stereocenters. The number of amides is 1. The summed E-state index contributed by atoms with van der Waals surface area (Å²) in [5.41, 5.74) is 2.74. The van der Waals surface area contributed by atoms with Crippen molar-refractivity contribution in [3.63, 3.8) is 0 Å². The zero-order valence-corrected chi connectivity index (χ0v) is 19.3.